The van der Waals surface area contributed by atoms with Crippen LogP contribution in [0.1, 0.15) is 5.56 Å². The highest BCUT2D eigenvalue weighted by Gasteiger charge is 2.19. The highest BCUT2D eigenvalue weighted by molar-refractivity contribution is 7.13. The van der Waals surface area contributed by atoms with Gasteiger partial charge in [-0.05, 0) is 24.1 Å². The summed E-state index contributed by atoms with van der Waals surface area (Å²) in [7, 11) is 1.54. The first-order chi connectivity index (χ1) is 12.2. The highest BCUT2D eigenvalue weighted by atomic mass is 32.1. The molecule has 0 unspecified atom stereocenters. The normalized spacial score (nSPS) is 15.5. The molecule has 7 nitrogen and oxygen atoms in total. The lowest BCUT2D eigenvalue weighted by molar-refractivity contribution is 0.373. The predicted molar refractivity (Wildman–Crippen MR) is 101 cm³/mol. The van der Waals surface area contributed by atoms with Crippen LogP contribution in [-0.2, 0) is 6.42 Å². The van der Waals surface area contributed by atoms with Crippen LogP contribution in [0.5, 0.6) is 11.5 Å². The molecule has 0 atom stereocenters. The molecule has 3 rings (SSSR count). The van der Waals surface area contributed by atoms with E-state index >= 15 is 0 Å². The van der Waals surface area contributed by atoms with Crippen LogP contribution < -0.4 is 15.4 Å². The number of hydrogen-bond acceptors (Lipinski definition) is 6. The molecule has 0 aliphatic carbocycles. The summed E-state index contributed by atoms with van der Waals surface area (Å²) in [5, 5.41) is 12.7. The van der Waals surface area contributed by atoms with E-state index in [1.54, 1.807) is 24.5 Å². The van der Waals surface area contributed by atoms with Crippen molar-refractivity contribution >= 4 is 22.4 Å². The summed E-state index contributed by atoms with van der Waals surface area (Å²) in [6, 6.07) is 5.34. The number of nitrogens with two attached hydrogens (primary N) is 1. The third-order valence-electron chi connectivity index (χ3n) is 4.21. The van der Waals surface area contributed by atoms with Crippen LogP contribution in [0.3, 0.4) is 0 Å². The van der Waals surface area contributed by atoms with Gasteiger partial charge in [-0.3, -0.25) is 4.99 Å². The molecule has 3 N–H and O–H groups in total. The molecule has 2 heterocycles. The smallest absolute Gasteiger partial charge is 0.191 e. The second-order valence-electron chi connectivity index (χ2n) is 5.78. The molecule has 0 radical (unpaired) electrons. The number of aliphatic imine (C=N–C) groups is 1. The zero-order chi connectivity index (χ0) is 17.6. The fraction of sp³-hybridized carbons (Fsp3) is 0.412. The Morgan fingerprint density at radius 2 is 2.16 bits per heavy atom. The van der Waals surface area contributed by atoms with Gasteiger partial charge in [0, 0.05) is 44.3 Å². The quantitative estimate of drug-likeness (QED) is 0.620. The summed E-state index contributed by atoms with van der Waals surface area (Å²) in [4.78, 5) is 13.2. The van der Waals surface area contributed by atoms with Crippen molar-refractivity contribution in [2.45, 2.75) is 6.42 Å². The summed E-state index contributed by atoms with van der Waals surface area (Å²) in [5.41, 5.74) is 7.19. The van der Waals surface area contributed by atoms with E-state index in [1.165, 1.54) is 0 Å². The summed E-state index contributed by atoms with van der Waals surface area (Å²) in [5.74, 6) is 1.21. The van der Waals surface area contributed by atoms with E-state index in [1.807, 2.05) is 23.7 Å². The Labute approximate surface area is 151 Å². The Hall–Kier alpha value is -2.48. The van der Waals surface area contributed by atoms with E-state index in [9.17, 15) is 5.11 Å². The van der Waals surface area contributed by atoms with E-state index in [0.717, 1.165) is 43.3 Å². The Kier molecular flexibility index (Phi) is 5.60. The first-order valence-corrected chi connectivity index (χ1v) is 9.10. The van der Waals surface area contributed by atoms with Crippen molar-refractivity contribution < 1.29 is 9.84 Å². The molecule has 1 aromatic carbocycles. The molecule has 1 aromatic heterocycles. The average molecular weight is 361 g/mol. The Morgan fingerprint density at radius 3 is 2.84 bits per heavy atom. The maximum atomic E-state index is 9.62. The molecule has 0 saturated carbocycles. The molecule has 134 valence electrons. The lowest BCUT2D eigenvalue weighted by atomic mass is 10.1. The summed E-state index contributed by atoms with van der Waals surface area (Å²) in [6.45, 7) is 4.11. The molecule has 0 spiro atoms. The number of piperazine rings is 1. The number of ether oxygens (including phenoxy) is 1. The van der Waals surface area contributed by atoms with Gasteiger partial charge < -0.3 is 25.4 Å². The van der Waals surface area contributed by atoms with E-state index < -0.39 is 0 Å². The van der Waals surface area contributed by atoms with E-state index in [-0.39, 0.29) is 5.75 Å². The van der Waals surface area contributed by atoms with Gasteiger partial charge in [-0.15, -0.1) is 11.3 Å². The van der Waals surface area contributed by atoms with Crippen LogP contribution in [-0.4, -0.2) is 60.8 Å². The molecule has 25 heavy (non-hydrogen) atoms. The predicted octanol–water partition coefficient (Wildman–Crippen LogP) is 1.54. The van der Waals surface area contributed by atoms with Gasteiger partial charge in [0.25, 0.3) is 0 Å². The minimum absolute atomic E-state index is 0.146. The van der Waals surface area contributed by atoms with Gasteiger partial charge in [0.05, 0.1) is 7.11 Å². The first-order valence-electron chi connectivity index (χ1n) is 8.22. The largest absolute Gasteiger partial charge is 0.504 e. The van der Waals surface area contributed by atoms with Gasteiger partial charge in [-0.2, -0.15) is 0 Å². The van der Waals surface area contributed by atoms with Crippen molar-refractivity contribution in [3.05, 3.63) is 35.3 Å². The topological polar surface area (TPSA) is 87.2 Å². The van der Waals surface area contributed by atoms with Crippen molar-refractivity contribution in [1.82, 2.24) is 9.88 Å². The molecule has 1 saturated heterocycles. The van der Waals surface area contributed by atoms with Gasteiger partial charge in [0.1, 0.15) is 0 Å². The van der Waals surface area contributed by atoms with Crippen LogP contribution in [0.25, 0.3) is 0 Å². The third-order valence-corrected chi connectivity index (χ3v) is 5.04. The number of nitrogens with zero attached hydrogens (tertiary/aromatic N) is 4. The van der Waals surface area contributed by atoms with Crippen LogP contribution in [0.4, 0.5) is 5.13 Å². The van der Waals surface area contributed by atoms with Crippen LogP contribution in [0.2, 0.25) is 0 Å². The number of methoxy groups -OCH3 is 1. The maximum Gasteiger partial charge on any atom is 0.191 e. The first kappa shape index (κ1) is 17.3. The van der Waals surface area contributed by atoms with Gasteiger partial charge in [-0.25, -0.2) is 4.98 Å². The van der Waals surface area contributed by atoms with Crippen molar-refractivity contribution in [2.75, 3.05) is 44.7 Å². The van der Waals surface area contributed by atoms with Gasteiger partial charge in [0.15, 0.2) is 22.6 Å². The number of anilines is 1. The number of aromatic hydroxyl groups is 1. The number of guanidine groups is 1. The Bertz CT molecular complexity index is 712. The molecule has 1 aliphatic heterocycles. The van der Waals surface area contributed by atoms with Crippen molar-refractivity contribution in [2.24, 2.45) is 10.7 Å². The summed E-state index contributed by atoms with van der Waals surface area (Å²) >= 11 is 1.66. The molecule has 1 aliphatic rings. The average Bonchev–Trinajstić information content (AvgIpc) is 3.18. The number of aromatic nitrogens is 1. The lowest BCUT2D eigenvalue weighted by Gasteiger charge is -2.35. The zero-order valence-corrected chi connectivity index (χ0v) is 15.1. The van der Waals surface area contributed by atoms with Crippen LogP contribution in [0, 0.1) is 0 Å². The summed E-state index contributed by atoms with van der Waals surface area (Å²) < 4.78 is 5.12. The van der Waals surface area contributed by atoms with Gasteiger partial charge in [-0.1, -0.05) is 6.07 Å². The molecule has 0 amide bonds. The Balaban J connectivity index is 1.49. The fourth-order valence-corrected chi connectivity index (χ4v) is 3.47. The second kappa shape index (κ2) is 8.06. The van der Waals surface area contributed by atoms with Crippen molar-refractivity contribution in [1.29, 1.82) is 0 Å². The second-order valence-corrected chi connectivity index (χ2v) is 6.66. The minimum atomic E-state index is 0.146. The van der Waals surface area contributed by atoms with Crippen LogP contribution in [0.15, 0.2) is 34.8 Å². The number of thiazole rings is 1. The van der Waals surface area contributed by atoms with E-state index in [4.69, 9.17) is 10.5 Å². The molecule has 2 aromatic rings. The molecular formula is C17H23N5O2S. The number of benzene rings is 1. The number of phenols is 1. The number of phenolic OH excluding ortho intramolecular Hbond substituents is 1. The SMILES string of the molecule is COc1cc(CCN=C(N)N2CCN(c3nccs3)CC2)ccc1O. The van der Waals surface area contributed by atoms with Gasteiger partial charge in [0.2, 0.25) is 0 Å². The third kappa shape index (κ3) is 4.33. The number of rotatable bonds is 5. The highest BCUT2D eigenvalue weighted by Crippen LogP contribution is 2.26. The monoisotopic (exact) mass is 361 g/mol. The lowest BCUT2D eigenvalue weighted by Crippen LogP contribution is -2.51. The molecule has 0 bridgehead atoms. The van der Waals surface area contributed by atoms with Crippen molar-refractivity contribution in [3.63, 3.8) is 0 Å². The van der Waals surface area contributed by atoms with Crippen molar-refractivity contribution in [3.8, 4) is 11.5 Å². The standard InChI is InChI=1S/C17H23N5O2S/c1-24-15-12-13(2-3-14(15)23)4-5-19-16(18)21-7-9-22(10-8-21)17-20-6-11-25-17/h2-3,6,11-12,23H,4-5,7-10H2,1H3,(H2,18,19). The van der Waals surface area contributed by atoms with Crippen LogP contribution >= 0.6 is 11.3 Å². The minimum Gasteiger partial charge on any atom is -0.504 e. The molecule has 8 heteroatoms. The molecular weight excluding hydrogens is 338 g/mol. The fourth-order valence-electron chi connectivity index (χ4n) is 2.78. The molecule has 1 fully saturated rings. The zero-order valence-electron chi connectivity index (χ0n) is 14.3. The van der Waals surface area contributed by atoms with E-state index in [0.29, 0.717) is 18.3 Å². The Morgan fingerprint density at radius 1 is 1.36 bits per heavy atom. The summed E-state index contributed by atoms with van der Waals surface area (Å²) in [6.07, 6.45) is 2.58. The van der Waals surface area contributed by atoms with Gasteiger partial charge >= 0.3 is 0 Å². The maximum absolute atomic E-state index is 9.62. The van der Waals surface area contributed by atoms with E-state index in [2.05, 4.69) is 19.8 Å². The number of hydrogen-bond donors (Lipinski definition) is 2.